The highest BCUT2D eigenvalue weighted by Crippen LogP contribution is 2.32. The molecule has 4 nitrogen and oxygen atoms in total. The Balaban J connectivity index is 2.10. The lowest BCUT2D eigenvalue weighted by atomic mass is 10.2. The van der Waals surface area contributed by atoms with Gasteiger partial charge in [0.15, 0.2) is 11.5 Å². The van der Waals surface area contributed by atoms with E-state index >= 15 is 0 Å². The minimum atomic E-state index is -0.341. The van der Waals surface area contributed by atoms with Crippen molar-refractivity contribution in [2.45, 2.75) is 38.7 Å². The van der Waals surface area contributed by atoms with Crippen LogP contribution in [0.25, 0.3) is 6.08 Å². The molecule has 1 aliphatic carbocycles. The fraction of sp³-hybridized carbons (Fsp3) is 0.471. The number of carbonyl (C=O) groups excluding carboxylic acids is 1. The molecule has 0 atom stereocenters. The molecule has 0 N–H and O–H groups in total. The maximum absolute atomic E-state index is 11.3. The summed E-state index contributed by atoms with van der Waals surface area (Å²) in [7, 11) is 1.63. The molecule has 0 bridgehead atoms. The first kappa shape index (κ1) is 15.4. The Hall–Kier alpha value is -1.97. The van der Waals surface area contributed by atoms with E-state index in [1.165, 1.54) is 18.9 Å². The fourth-order valence-corrected chi connectivity index (χ4v) is 2.43. The lowest BCUT2D eigenvalue weighted by Gasteiger charge is -2.16. The van der Waals surface area contributed by atoms with Gasteiger partial charge in [0.1, 0.15) is 0 Å². The summed E-state index contributed by atoms with van der Waals surface area (Å²) in [6.07, 6.45) is 8.02. The van der Waals surface area contributed by atoms with E-state index in [0.717, 1.165) is 29.9 Å². The average Bonchev–Trinajstić information content (AvgIpc) is 2.99. The van der Waals surface area contributed by atoms with Crippen molar-refractivity contribution in [1.29, 1.82) is 0 Å². The topological polar surface area (TPSA) is 44.8 Å². The zero-order valence-electron chi connectivity index (χ0n) is 12.6. The van der Waals surface area contributed by atoms with E-state index in [1.54, 1.807) is 20.1 Å². The SMILES string of the molecule is CCOC(=O)C=Cc1ccc(OC)c(OC2CCCC2)c1. The Morgan fingerprint density at radius 2 is 2.05 bits per heavy atom. The molecule has 0 saturated heterocycles. The van der Waals surface area contributed by atoms with Gasteiger partial charge < -0.3 is 14.2 Å². The minimum absolute atomic E-state index is 0.267. The van der Waals surface area contributed by atoms with Crippen molar-refractivity contribution in [2.75, 3.05) is 13.7 Å². The maximum Gasteiger partial charge on any atom is 0.330 e. The van der Waals surface area contributed by atoms with Gasteiger partial charge in [-0.25, -0.2) is 4.79 Å². The first-order valence-corrected chi connectivity index (χ1v) is 7.42. The lowest BCUT2D eigenvalue weighted by molar-refractivity contribution is -0.137. The minimum Gasteiger partial charge on any atom is -0.493 e. The predicted octanol–water partition coefficient (Wildman–Crippen LogP) is 3.59. The van der Waals surface area contributed by atoms with Crippen molar-refractivity contribution in [1.82, 2.24) is 0 Å². The van der Waals surface area contributed by atoms with Crippen molar-refractivity contribution in [3.63, 3.8) is 0 Å². The molecule has 114 valence electrons. The fourth-order valence-electron chi connectivity index (χ4n) is 2.43. The number of ether oxygens (including phenoxy) is 3. The molecule has 0 radical (unpaired) electrons. The van der Waals surface area contributed by atoms with Gasteiger partial charge in [0.05, 0.1) is 19.8 Å². The van der Waals surface area contributed by atoms with Gasteiger partial charge in [0.2, 0.25) is 0 Å². The van der Waals surface area contributed by atoms with Crippen molar-refractivity contribution < 1.29 is 19.0 Å². The Morgan fingerprint density at radius 1 is 1.29 bits per heavy atom. The number of hydrogen-bond donors (Lipinski definition) is 0. The number of rotatable bonds is 6. The van der Waals surface area contributed by atoms with Gasteiger partial charge in [0, 0.05) is 6.08 Å². The van der Waals surface area contributed by atoms with Crippen LogP contribution in [0.15, 0.2) is 24.3 Å². The summed E-state index contributed by atoms with van der Waals surface area (Å²) < 4.78 is 16.2. The first-order chi connectivity index (χ1) is 10.2. The van der Waals surface area contributed by atoms with Crippen molar-refractivity contribution in [3.05, 3.63) is 29.8 Å². The predicted molar refractivity (Wildman–Crippen MR) is 81.5 cm³/mol. The molecule has 0 aromatic heterocycles. The molecular formula is C17H22O4. The highest BCUT2D eigenvalue weighted by atomic mass is 16.5. The van der Waals surface area contributed by atoms with Crippen LogP contribution < -0.4 is 9.47 Å². The van der Waals surface area contributed by atoms with Gasteiger partial charge in [-0.3, -0.25) is 0 Å². The van der Waals surface area contributed by atoms with Crippen LogP contribution in [0, 0.1) is 0 Å². The third-order valence-electron chi connectivity index (χ3n) is 3.48. The van der Waals surface area contributed by atoms with Crippen LogP contribution in [-0.4, -0.2) is 25.8 Å². The van der Waals surface area contributed by atoms with Gasteiger partial charge in [-0.15, -0.1) is 0 Å². The summed E-state index contributed by atoms with van der Waals surface area (Å²) in [6, 6.07) is 5.64. The molecule has 1 aliphatic rings. The van der Waals surface area contributed by atoms with Crippen molar-refractivity contribution >= 4 is 12.0 Å². The normalized spacial score (nSPS) is 15.3. The highest BCUT2D eigenvalue weighted by Gasteiger charge is 2.18. The summed E-state index contributed by atoms with van der Waals surface area (Å²) in [5.74, 6) is 1.11. The smallest absolute Gasteiger partial charge is 0.330 e. The Kier molecular flexibility index (Phi) is 5.67. The Morgan fingerprint density at radius 3 is 2.71 bits per heavy atom. The second-order valence-electron chi connectivity index (χ2n) is 5.02. The molecule has 0 heterocycles. The van der Waals surface area contributed by atoms with E-state index in [2.05, 4.69) is 0 Å². The van der Waals surface area contributed by atoms with E-state index in [-0.39, 0.29) is 12.1 Å². The van der Waals surface area contributed by atoms with E-state index in [4.69, 9.17) is 14.2 Å². The van der Waals surface area contributed by atoms with Gasteiger partial charge in [-0.1, -0.05) is 6.07 Å². The molecule has 21 heavy (non-hydrogen) atoms. The summed E-state index contributed by atoms with van der Waals surface area (Å²) in [4.78, 5) is 11.3. The van der Waals surface area contributed by atoms with Crippen LogP contribution in [-0.2, 0) is 9.53 Å². The Labute approximate surface area is 125 Å². The number of methoxy groups -OCH3 is 1. The molecule has 1 aromatic carbocycles. The van der Waals surface area contributed by atoms with Crippen LogP contribution in [0.5, 0.6) is 11.5 Å². The van der Waals surface area contributed by atoms with E-state index in [1.807, 2.05) is 18.2 Å². The molecule has 0 amide bonds. The highest BCUT2D eigenvalue weighted by molar-refractivity contribution is 5.87. The average molecular weight is 290 g/mol. The van der Waals surface area contributed by atoms with Gasteiger partial charge in [-0.05, 0) is 56.4 Å². The molecule has 1 fully saturated rings. The lowest BCUT2D eigenvalue weighted by Crippen LogP contribution is -2.11. The van der Waals surface area contributed by atoms with E-state index in [0.29, 0.717) is 6.61 Å². The van der Waals surface area contributed by atoms with Crippen LogP contribution in [0.4, 0.5) is 0 Å². The summed E-state index contributed by atoms with van der Waals surface area (Å²) in [5, 5.41) is 0. The second-order valence-corrected chi connectivity index (χ2v) is 5.02. The van der Waals surface area contributed by atoms with Crippen molar-refractivity contribution in [2.24, 2.45) is 0 Å². The zero-order chi connectivity index (χ0) is 15.1. The molecule has 2 rings (SSSR count). The summed E-state index contributed by atoms with van der Waals surface area (Å²) in [5.41, 5.74) is 0.886. The Bertz CT molecular complexity index is 502. The molecule has 1 saturated carbocycles. The molecule has 0 spiro atoms. The number of carbonyl (C=O) groups is 1. The van der Waals surface area contributed by atoms with Crippen LogP contribution in [0.1, 0.15) is 38.2 Å². The third-order valence-corrected chi connectivity index (χ3v) is 3.48. The summed E-state index contributed by atoms with van der Waals surface area (Å²) >= 11 is 0. The van der Waals surface area contributed by atoms with Crippen LogP contribution in [0.2, 0.25) is 0 Å². The molecule has 1 aromatic rings. The number of esters is 1. The summed E-state index contributed by atoms with van der Waals surface area (Å²) in [6.45, 7) is 2.16. The third kappa shape index (κ3) is 4.52. The van der Waals surface area contributed by atoms with E-state index < -0.39 is 0 Å². The number of benzene rings is 1. The molecular weight excluding hydrogens is 268 g/mol. The largest absolute Gasteiger partial charge is 0.493 e. The molecule has 0 aliphatic heterocycles. The van der Waals surface area contributed by atoms with Gasteiger partial charge in [0.25, 0.3) is 0 Å². The molecule has 4 heteroatoms. The van der Waals surface area contributed by atoms with E-state index in [9.17, 15) is 4.79 Å². The van der Waals surface area contributed by atoms with Gasteiger partial charge >= 0.3 is 5.97 Å². The van der Waals surface area contributed by atoms with Crippen LogP contribution >= 0.6 is 0 Å². The quantitative estimate of drug-likeness (QED) is 0.593. The number of hydrogen-bond acceptors (Lipinski definition) is 4. The zero-order valence-corrected chi connectivity index (χ0v) is 12.6. The first-order valence-electron chi connectivity index (χ1n) is 7.42. The maximum atomic E-state index is 11.3. The standard InChI is InChI=1S/C17H22O4/c1-3-20-17(18)11-9-13-8-10-15(19-2)16(12-13)21-14-6-4-5-7-14/h8-12,14H,3-7H2,1-2H3. The van der Waals surface area contributed by atoms with Gasteiger partial charge in [-0.2, -0.15) is 0 Å². The van der Waals surface area contributed by atoms with Crippen LogP contribution in [0.3, 0.4) is 0 Å². The second kappa shape index (κ2) is 7.72. The molecule has 0 unspecified atom stereocenters. The van der Waals surface area contributed by atoms with Crippen molar-refractivity contribution in [3.8, 4) is 11.5 Å². The monoisotopic (exact) mass is 290 g/mol.